The van der Waals surface area contributed by atoms with Crippen molar-refractivity contribution in [3.8, 4) is 0 Å². The first-order chi connectivity index (χ1) is 12.1. The number of carbonyl (C=O) groups excluding carboxylic acids is 1. The number of likely N-dealkylation sites (N-methyl/N-ethyl adjacent to an activating group) is 1. The highest BCUT2D eigenvalue weighted by Crippen LogP contribution is 2.20. The zero-order chi connectivity index (χ0) is 17.6. The van der Waals surface area contributed by atoms with Gasteiger partial charge in [-0.1, -0.05) is 0 Å². The summed E-state index contributed by atoms with van der Waals surface area (Å²) in [5, 5.41) is 3.04. The van der Waals surface area contributed by atoms with Crippen LogP contribution in [0, 0.1) is 6.92 Å². The molecule has 0 radical (unpaired) electrons. The summed E-state index contributed by atoms with van der Waals surface area (Å²) in [6, 6.07) is 2.08. The van der Waals surface area contributed by atoms with Crippen molar-refractivity contribution in [1.82, 2.24) is 20.1 Å². The molecule has 138 valence electrons. The van der Waals surface area contributed by atoms with Crippen LogP contribution < -0.4 is 10.2 Å². The Hall–Kier alpha value is -1.86. The summed E-state index contributed by atoms with van der Waals surface area (Å²) in [6.45, 7) is 8.56. The number of aryl methyl sites for hydroxylation is 1. The molecule has 2 amide bonds. The molecule has 0 bridgehead atoms. The van der Waals surface area contributed by atoms with E-state index >= 15 is 0 Å². The van der Waals surface area contributed by atoms with Gasteiger partial charge < -0.3 is 24.8 Å². The van der Waals surface area contributed by atoms with Crippen LogP contribution in [0.5, 0.6) is 0 Å². The van der Waals surface area contributed by atoms with Crippen LogP contribution in [0.15, 0.2) is 18.5 Å². The number of ether oxygens (including phenoxy) is 1. The second-order valence-electron chi connectivity index (χ2n) is 6.93. The first-order valence-electron chi connectivity index (χ1n) is 9.12. The van der Waals surface area contributed by atoms with Gasteiger partial charge in [0.25, 0.3) is 0 Å². The van der Waals surface area contributed by atoms with Gasteiger partial charge in [-0.25, -0.2) is 4.79 Å². The minimum absolute atomic E-state index is 0.0186. The molecule has 0 spiro atoms. The fraction of sp³-hybridized carbons (Fsp3) is 0.667. The lowest BCUT2D eigenvalue weighted by Gasteiger charge is -2.31. The molecule has 7 heteroatoms. The van der Waals surface area contributed by atoms with Crippen molar-refractivity contribution in [1.29, 1.82) is 0 Å². The third-order valence-corrected chi connectivity index (χ3v) is 4.94. The van der Waals surface area contributed by atoms with Gasteiger partial charge >= 0.3 is 6.03 Å². The summed E-state index contributed by atoms with van der Waals surface area (Å²) < 4.78 is 5.71. The molecule has 3 heterocycles. The van der Waals surface area contributed by atoms with Crippen LogP contribution in [0.3, 0.4) is 0 Å². The van der Waals surface area contributed by atoms with Crippen molar-refractivity contribution in [2.45, 2.75) is 19.4 Å². The van der Waals surface area contributed by atoms with Crippen LogP contribution in [0.2, 0.25) is 0 Å². The standard InChI is InChI=1S/C18H29N5O2/c1-15-12-19-5-4-17(15)22-6-3-7-23(9-8-22)18(24)20-13-16-14-21(2)10-11-25-16/h4-5,12,16H,3,6-11,13-14H2,1-2H3,(H,20,24). The van der Waals surface area contributed by atoms with Crippen LogP contribution in [0.4, 0.5) is 10.5 Å². The normalized spacial score (nSPS) is 22.6. The van der Waals surface area contributed by atoms with Crippen molar-refractivity contribution >= 4 is 11.7 Å². The van der Waals surface area contributed by atoms with Crippen molar-refractivity contribution < 1.29 is 9.53 Å². The van der Waals surface area contributed by atoms with E-state index in [0.717, 1.165) is 52.3 Å². The number of aromatic nitrogens is 1. The second kappa shape index (κ2) is 8.49. The van der Waals surface area contributed by atoms with Gasteiger partial charge in [0.2, 0.25) is 0 Å². The molecule has 1 atom stereocenters. The van der Waals surface area contributed by atoms with Crippen molar-refractivity contribution in [3.63, 3.8) is 0 Å². The van der Waals surface area contributed by atoms with Gasteiger partial charge in [-0.05, 0) is 32.0 Å². The fourth-order valence-corrected chi connectivity index (χ4v) is 3.49. The average molecular weight is 347 g/mol. The molecule has 1 aromatic heterocycles. The lowest BCUT2D eigenvalue weighted by atomic mass is 10.2. The fourth-order valence-electron chi connectivity index (χ4n) is 3.49. The molecule has 0 aliphatic carbocycles. The molecule has 1 unspecified atom stereocenters. The predicted molar refractivity (Wildman–Crippen MR) is 98.0 cm³/mol. The Bertz CT molecular complexity index is 582. The molecule has 0 aromatic carbocycles. The van der Waals surface area contributed by atoms with Crippen LogP contribution in [0.1, 0.15) is 12.0 Å². The van der Waals surface area contributed by atoms with Crippen LogP contribution >= 0.6 is 0 Å². The van der Waals surface area contributed by atoms with Gasteiger partial charge in [0.05, 0.1) is 12.7 Å². The van der Waals surface area contributed by atoms with Crippen molar-refractivity contribution in [2.24, 2.45) is 0 Å². The van der Waals surface area contributed by atoms with E-state index in [4.69, 9.17) is 4.74 Å². The SMILES string of the molecule is Cc1cnccc1N1CCCN(C(=O)NCC2CN(C)CCO2)CC1. The lowest BCUT2D eigenvalue weighted by Crippen LogP contribution is -2.49. The number of hydrogen-bond acceptors (Lipinski definition) is 5. The zero-order valence-electron chi connectivity index (χ0n) is 15.3. The quantitative estimate of drug-likeness (QED) is 0.882. The van der Waals surface area contributed by atoms with Gasteiger partial charge in [0, 0.05) is 63.9 Å². The van der Waals surface area contributed by atoms with Crippen LogP contribution in [0.25, 0.3) is 0 Å². The van der Waals surface area contributed by atoms with E-state index in [1.165, 1.54) is 11.3 Å². The average Bonchev–Trinajstić information content (AvgIpc) is 2.86. The molecule has 25 heavy (non-hydrogen) atoms. The van der Waals surface area contributed by atoms with E-state index in [0.29, 0.717) is 6.54 Å². The number of rotatable bonds is 3. The summed E-state index contributed by atoms with van der Waals surface area (Å²) in [5.41, 5.74) is 2.40. The molecule has 2 aliphatic heterocycles. The molecule has 1 aromatic rings. The van der Waals surface area contributed by atoms with E-state index in [9.17, 15) is 4.79 Å². The molecular weight excluding hydrogens is 318 g/mol. The number of amides is 2. The number of nitrogens with zero attached hydrogens (tertiary/aromatic N) is 4. The minimum atomic E-state index is 0.0186. The molecule has 2 saturated heterocycles. The third-order valence-electron chi connectivity index (χ3n) is 4.94. The minimum Gasteiger partial charge on any atom is -0.374 e. The Morgan fingerprint density at radius 2 is 2.20 bits per heavy atom. The van der Waals surface area contributed by atoms with E-state index in [1.807, 2.05) is 17.3 Å². The summed E-state index contributed by atoms with van der Waals surface area (Å²) in [4.78, 5) is 23.2. The Balaban J connectivity index is 1.49. The van der Waals surface area contributed by atoms with E-state index < -0.39 is 0 Å². The van der Waals surface area contributed by atoms with Gasteiger partial charge in [-0.2, -0.15) is 0 Å². The zero-order valence-corrected chi connectivity index (χ0v) is 15.3. The first kappa shape index (κ1) is 17.9. The Morgan fingerprint density at radius 1 is 1.32 bits per heavy atom. The van der Waals surface area contributed by atoms with Crippen molar-refractivity contribution in [2.75, 3.05) is 64.4 Å². The van der Waals surface area contributed by atoms with E-state index in [-0.39, 0.29) is 12.1 Å². The van der Waals surface area contributed by atoms with Gasteiger partial charge in [-0.3, -0.25) is 4.98 Å². The maximum Gasteiger partial charge on any atom is 0.317 e. The number of pyridine rings is 1. The first-order valence-corrected chi connectivity index (χ1v) is 9.12. The van der Waals surface area contributed by atoms with Gasteiger partial charge in [0.15, 0.2) is 0 Å². The van der Waals surface area contributed by atoms with Crippen LogP contribution in [-0.4, -0.2) is 86.4 Å². The summed E-state index contributed by atoms with van der Waals surface area (Å²) in [6.07, 6.45) is 4.79. The van der Waals surface area contributed by atoms with Gasteiger partial charge in [0.1, 0.15) is 0 Å². The molecule has 2 aliphatic rings. The monoisotopic (exact) mass is 347 g/mol. The number of carbonyl (C=O) groups is 1. The largest absolute Gasteiger partial charge is 0.374 e. The predicted octanol–water partition coefficient (Wildman–Crippen LogP) is 0.942. The highest BCUT2D eigenvalue weighted by Gasteiger charge is 2.22. The Kier molecular flexibility index (Phi) is 6.09. The number of hydrogen-bond donors (Lipinski definition) is 1. The third kappa shape index (κ3) is 4.83. The Morgan fingerprint density at radius 3 is 3.00 bits per heavy atom. The van der Waals surface area contributed by atoms with E-state index in [2.05, 4.69) is 40.1 Å². The molecule has 3 rings (SSSR count). The summed E-state index contributed by atoms with van der Waals surface area (Å²) in [5.74, 6) is 0. The van der Waals surface area contributed by atoms with E-state index in [1.54, 1.807) is 0 Å². The molecule has 2 fully saturated rings. The highest BCUT2D eigenvalue weighted by molar-refractivity contribution is 5.74. The lowest BCUT2D eigenvalue weighted by molar-refractivity contribution is -0.0172. The molecular formula is C18H29N5O2. The smallest absolute Gasteiger partial charge is 0.317 e. The summed E-state index contributed by atoms with van der Waals surface area (Å²) in [7, 11) is 2.09. The van der Waals surface area contributed by atoms with Gasteiger partial charge in [-0.15, -0.1) is 0 Å². The number of anilines is 1. The number of morpholine rings is 1. The maximum absolute atomic E-state index is 12.5. The Labute approximate surface area is 149 Å². The molecule has 7 nitrogen and oxygen atoms in total. The van der Waals surface area contributed by atoms with Crippen molar-refractivity contribution in [3.05, 3.63) is 24.0 Å². The molecule has 1 N–H and O–H groups in total. The maximum atomic E-state index is 12.5. The highest BCUT2D eigenvalue weighted by atomic mass is 16.5. The summed E-state index contributed by atoms with van der Waals surface area (Å²) >= 11 is 0. The number of nitrogens with one attached hydrogen (secondary N) is 1. The second-order valence-corrected chi connectivity index (χ2v) is 6.93. The van der Waals surface area contributed by atoms with Crippen LogP contribution in [-0.2, 0) is 4.74 Å². The number of urea groups is 1. The molecule has 0 saturated carbocycles. The topological polar surface area (TPSA) is 60.9 Å².